The molecule has 30 heavy (non-hydrogen) atoms. The molecule has 0 radical (unpaired) electrons. The van der Waals surface area contributed by atoms with Crippen LogP contribution in [0.15, 0.2) is 42.5 Å². The van der Waals surface area contributed by atoms with E-state index < -0.39 is 24.4 Å². The molecule has 1 aliphatic heterocycles. The van der Waals surface area contributed by atoms with Crippen LogP contribution in [-0.2, 0) is 15.9 Å². The summed E-state index contributed by atoms with van der Waals surface area (Å²) in [6, 6.07) is 15.1. The van der Waals surface area contributed by atoms with Crippen LogP contribution in [0.2, 0.25) is 0 Å². The van der Waals surface area contributed by atoms with Gasteiger partial charge in [-0.25, -0.2) is 0 Å². The zero-order chi connectivity index (χ0) is 21.5. The quantitative estimate of drug-likeness (QED) is 0.565. The fraction of sp³-hybridized carbons (Fsp3) is 0.435. The van der Waals surface area contributed by atoms with E-state index in [0.717, 1.165) is 16.9 Å². The van der Waals surface area contributed by atoms with Crippen LogP contribution in [0.1, 0.15) is 34.8 Å². The Kier molecular flexibility index (Phi) is 7.80. The van der Waals surface area contributed by atoms with E-state index in [4.69, 9.17) is 14.2 Å². The normalized spacial score (nSPS) is 23.7. The highest BCUT2D eigenvalue weighted by atomic mass is 16.5. The van der Waals surface area contributed by atoms with E-state index >= 15 is 0 Å². The van der Waals surface area contributed by atoms with Crippen LogP contribution in [0, 0.1) is 11.3 Å². The second kappa shape index (κ2) is 10.5. The SMILES string of the molecule is COCCOc1ccc(Cc2cc([C@@H]3O[C@H](CO)C[C@H](O)[C@H]3O)ccc2C#N)cc1. The van der Waals surface area contributed by atoms with Crippen LogP contribution < -0.4 is 4.74 Å². The van der Waals surface area contributed by atoms with Crippen LogP contribution in [0.5, 0.6) is 5.75 Å². The summed E-state index contributed by atoms with van der Waals surface area (Å²) >= 11 is 0. The largest absolute Gasteiger partial charge is 0.491 e. The molecular formula is C23H27NO6. The molecule has 4 atom stereocenters. The molecule has 3 rings (SSSR count). The number of ether oxygens (including phenoxy) is 3. The number of methoxy groups -OCH3 is 1. The van der Waals surface area contributed by atoms with Gasteiger partial charge in [-0.1, -0.05) is 24.3 Å². The molecule has 0 aromatic heterocycles. The lowest BCUT2D eigenvalue weighted by molar-refractivity contribution is -0.179. The lowest BCUT2D eigenvalue weighted by Crippen LogP contribution is -2.44. The molecule has 2 aromatic carbocycles. The summed E-state index contributed by atoms with van der Waals surface area (Å²) in [4.78, 5) is 0. The standard InChI is InChI=1S/C23H27NO6/c1-28-8-9-29-19-6-2-15(3-7-19)10-18-11-16(4-5-17(18)13-24)23-22(27)21(26)12-20(14-25)30-23/h2-7,11,20-23,25-27H,8-10,12,14H2,1H3/t20-,21-,22+,23-/m0/s1. The Morgan fingerprint density at radius 1 is 1.13 bits per heavy atom. The molecule has 7 nitrogen and oxygen atoms in total. The van der Waals surface area contributed by atoms with Crippen molar-refractivity contribution in [3.63, 3.8) is 0 Å². The van der Waals surface area contributed by atoms with E-state index in [1.807, 2.05) is 30.3 Å². The number of nitriles is 1. The molecule has 0 spiro atoms. The second-order valence-electron chi connectivity index (χ2n) is 7.35. The first-order valence-electron chi connectivity index (χ1n) is 9.91. The van der Waals surface area contributed by atoms with Gasteiger partial charge in [0, 0.05) is 13.5 Å². The predicted octanol–water partition coefficient (Wildman–Crippen LogP) is 1.72. The van der Waals surface area contributed by atoms with Gasteiger partial charge in [0.25, 0.3) is 0 Å². The lowest BCUT2D eigenvalue weighted by Gasteiger charge is -2.37. The van der Waals surface area contributed by atoms with Crippen LogP contribution in [0.4, 0.5) is 0 Å². The monoisotopic (exact) mass is 413 g/mol. The van der Waals surface area contributed by atoms with Gasteiger partial charge in [-0.15, -0.1) is 0 Å². The van der Waals surface area contributed by atoms with Gasteiger partial charge in [-0.3, -0.25) is 0 Å². The average molecular weight is 413 g/mol. The van der Waals surface area contributed by atoms with Crippen LogP contribution >= 0.6 is 0 Å². The molecule has 0 amide bonds. The minimum absolute atomic E-state index is 0.177. The van der Waals surface area contributed by atoms with Crippen LogP contribution in [0.3, 0.4) is 0 Å². The van der Waals surface area contributed by atoms with Gasteiger partial charge in [-0.2, -0.15) is 5.26 Å². The molecule has 3 N–H and O–H groups in total. The Labute approximate surface area is 176 Å². The molecule has 0 bridgehead atoms. The Bertz CT molecular complexity index is 863. The highest BCUT2D eigenvalue weighted by Gasteiger charge is 2.37. The van der Waals surface area contributed by atoms with Crippen molar-refractivity contribution in [3.8, 4) is 11.8 Å². The van der Waals surface area contributed by atoms with E-state index in [0.29, 0.717) is 30.8 Å². The first kappa shape index (κ1) is 22.2. The first-order chi connectivity index (χ1) is 14.5. The number of aliphatic hydroxyl groups excluding tert-OH is 3. The molecule has 7 heteroatoms. The Balaban J connectivity index is 1.79. The maximum Gasteiger partial charge on any atom is 0.119 e. The molecule has 160 valence electrons. The second-order valence-corrected chi connectivity index (χ2v) is 7.35. The average Bonchev–Trinajstić information content (AvgIpc) is 2.77. The van der Waals surface area contributed by atoms with Gasteiger partial charge >= 0.3 is 0 Å². The van der Waals surface area contributed by atoms with Crippen molar-refractivity contribution in [2.24, 2.45) is 0 Å². The summed E-state index contributed by atoms with van der Waals surface area (Å²) in [5.41, 5.74) is 2.98. The maximum absolute atomic E-state index is 10.4. The van der Waals surface area contributed by atoms with E-state index in [1.54, 1.807) is 19.2 Å². The van der Waals surface area contributed by atoms with Crippen LogP contribution in [0.25, 0.3) is 0 Å². The summed E-state index contributed by atoms with van der Waals surface area (Å²) in [6.07, 6.45) is -2.70. The van der Waals surface area contributed by atoms with Crippen molar-refractivity contribution < 1.29 is 29.5 Å². The fourth-order valence-electron chi connectivity index (χ4n) is 3.56. The van der Waals surface area contributed by atoms with Gasteiger partial charge in [0.1, 0.15) is 24.6 Å². The Morgan fingerprint density at radius 3 is 2.57 bits per heavy atom. The summed E-state index contributed by atoms with van der Waals surface area (Å²) in [5.74, 6) is 0.743. The van der Waals surface area contributed by atoms with Gasteiger partial charge < -0.3 is 29.5 Å². The summed E-state index contributed by atoms with van der Waals surface area (Å²) in [5, 5.41) is 39.4. The molecular weight excluding hydrogens is 386 g/mol. The number of nitrogens with zero attached hydrogens (tertiary/aromatic N) is 1. The molecule has 1 fully saturated rings. The van der Waals surface area contributed by atoms with Crippen molar-refractivity contribution in [3.05, 3.63) is 64.7 Å². The van der Waals surface area contributed by atoms with Crippen molar-refractivity contribution in [1.82, 2.24) is 0 Å². The third kappa shape index (κ3) is 5.36. The Morgan fingerprint density at radius 2 is 1.90 bits per heavy atom. The lowest BCUT2D eigenvalue weighted by atomic mass is 9.90. The number of benzene rings is 2. The first-order valence-corrected chi connectivity index (χ1v) is 9.91. The van der Waals surface area contributed by atoms with Gasteiger partial charge in [0.15, 0.2) is 0 Å². The summed E-state index contributed by atoms with van der Waals surface area (Å²) < 4.78 is 16.3. The fourth-order valence-corrected chi connectivity index (χ4v) is 3.56. The third-order valence-corrected chi connectivity index (χ3v) is 5.20. The minimum Gasteiger partial charge on any atom is -0.491 e. The Hall–Kier alpha value is -2.47. The van der Waals surface area contributed by atoms with Crippen molar-refractivity contribution in [2.75, 3.05) is 26.9 Å². The molecule has 1 saturated heterocycles. The van der Waals surface area contributed by atoms with Crippen molar-refractivity contribution >= 4 is 0 Å². The molecule has 2 aromatic rings. The molecule has 0 aliphatic carbocycles. The summed E-state index contributed by atoms with van der Waals surface area (Å²) in [7, 11) is 1.62. The van der Waals surface area contributed by atoms with Crippen molar-refractivity contribution in [2.45, 2.75) is 37.3 Å². The van der Waals surface area contributed by atoms with E-state index in [2.05, 4.69) is 6.07 Å². The predicted molar refractivity (Wildman–Crippen MR) is 109 cm³/mol. The summed E-state index contributed by atoms with van der Waals surface area (Å²) in [6.45, 7) is 0.754. The van der Waals surface area contributed by atoms with Gasteiger partial charge in [0.2, 0.25) is 0 Å². The zero-order valence-electron chi connectivity index (χ0n) is 16.9. The number of hydrogen-bond acceptors (Lipinski definition) is 7. The smallest absolute Gasteiger partial charge is 0.119 e. The zero-order valence-corrected chi connectivity index (χ0v) is 16.9. The molecule has 1 heterocycles. The highest BCUT2D eigenvalue weighted by molar-refractivity contribution is 5.44. The van der Waals surface area contributed by atoms with Crippen molar-refractivity contribution in [1.29, 1.82) is 5.26 Å². The maximum atomic E-state index is 10.4. The van der Waals surface area contributed by atoms with Gasteiger partial charge in [0.05, 0.1) is 37.1 Å². The van der Waals surface area contributed by atoms with Crippen LogP contribution in [-0.4, -0.2) is 60.6 Å². The highest BCUT2D eigenvalue weighted by Crippen LogP contribution is 2.33. The van der Waals surface area contributed by atoms with E-state index in [-0.39, 0.29) is 13.0 Å². The molecule has 1 aliphatic rings. The third-order valence-electron chi connectivity index (χ3n) is 5.20. The minimum atomic E-state index is -1.10. The number of hydrogen-bond donors (Lipinski definition) is 3. The molecule has 0 unspecified atom stereocenters. The van der Waals surface area contributed by atoms with E-state index in [1.165, 1.54) is 0 Å². The number of rotatable bonds is 8. The van der Waals surface area contributed by atoms with E-state index in [9.17, 15) is 20.6 Å². The van der Waals surface area contributed by atoms with Gasteiger partial charge in [-0.05, 0) is 41.3 Å². The number of aliphatic hydroxyl groups is 3. The topological polar surface area (TPSA) is 112 Å². The molecule has 0 saturated carbocycles.